The van der Waals surface area contributed by atoms with E-state index in [2.05, 4.69) is 23.3 Å². The molecule has 8 nitrogen and oxygen atoms in total. The topological polar surface area (TPSA) is 108 Å². The van der Waals surface area contributed by atoms with Crippen molar-refractivity contribution >= 4 is 47.0 Å². The van der Waals surface area contributed by atoms with Gasteiger partial charge in [-0.3, -0.25) is 9.59 Å². The van der Waals surface area contributed by atoms with E-state index in [1.54, 1.807) is 72.7 Å². The molecule has 2 atom stereocenters. The predicted molar refractivity (Wildman–Crippen MR) is 162 cm³/mol. The third kappa shape index (κ3) is 7.47. The van der Waals surface area contributed by atoms with Crippen molar-refractivity contribution in [2.75, 3.05) is 11.1 Å². The number of thiol groups is 1. The molecule has 3 rings (SSSR count). The van der Waals surface area contributed by atoms with Crippen LogP contribution < -0.4 is 10.6 Å². The molecule has 0 aromatic heterocycles. The molecule has 0 bridgehead atoms. The molecule has 0 aliphatic rings. The highest BCUT2D eigenvalue weighted by Gasteiger charge is 2.42. The van der Waals surface area contributed by atoms with Crippen molar-refractivity contribution in [2.45, 2.75) is 71.7 Å². The molecule has 2 unspecified atom stereocenters. The van der Waals surface area contributed by atoms with Crippen LogP contribution in [0.2, 0.25) is 0 Å². The molecule has 0 fully saturated rings. The Morgan fingerprint density at radius 1 is 0.950 bits per heavy atom. The van der Waals surface area contributed by atoms with Gasteiger partial charge in [0.05, 0.1) is 0 Å². The Balaban J connectivity index is 2.07. The maximum Gasteiger partial charge on any atom is 0.408 e. The van der Waals surface area contributed by atoms with Crippen LogP contribution in [0.3, 0.4) is 0 Å². The Kier molecular flexibility index (Phi) is 9.40. The van der Waals surface area contributed by atoms with Crippen LogP contribution in [0.1, 0.15) is 58.7 Å². The molecule has 0 saturated carbocycles. The van der Waals surface area contributed by atoms with E-state index in [0.717, 1.165) is 10.8 Å². The standard InChI is InChI=1S/C31H39N3O5S/c1-19-11-10-14-23(26(19)35)25(27(36)32-22-16-15-20-12-8-9-13-21(20)17-22)34(30(2,3)4)28(37)24(18-40)33-29(38)39-31(5,6)7/h8-17,24-25,35,40H,18H2,1-7H3,(H,32,36)(H,33,38). The molecule has 40 heavy (non-hydrogen) atoms. The largest absolute Gasteiger partial charge is 0.507 e. The first-order valence-corrected chi connectivity index (χ1v) is 13.8. The van der Waals surface area contributed by atoms with Gasteiger partial charge in [-0.05, 0) is 76.9 Å². The maximum atomic E-state index is 14.1. The number of phenols is 1. The van der Waals surface area contributed by atoms with Gasteiger partial charge < -0.3 is 25.4 Å². The number of amides is 3. The van der Waals surface area contributed by atoms with E-state index < -0.39 is 41.1 Å². The zero-order valence-corrected chi connectivity index (χ0v) is 25.0. The van der Waals surface area contributed by atoms with E-state index in [1.165, 1.54) is 4.90 Å². The number of fused-ring (bicyclic) bond motifs is 1. The Bertz CT molecular complexity index is 1390. The number of phenolic OH excluding ortho intramolecular Hbond substituents is 1. The first-order valence-electron chi connectivity index (χ1n) is 13.1. The molecule has 0 heterocycles. The number of nitrogens with one attached hydrogen (secondary N) is 2. The third-order valence-electron chi connectivity index (χ3n) is 6.22. The summed E-state index contributed by atoms with van der Waals surface area (Å²) in [6.45, 7) is 12.3. The lowest BCUT2D eigenvalue weighted by Gasteiger charge is -2.43. The molecule has 0 aliphatic heterocycles. The van der Waals surface area contributed by atoms with Crippen molar-refractivity contribution in [1.29, 1.82) is 0 Å². The number of carbonyl (C=O) groups excluding carboxylic acids is 3. The highest BCUT2D eigenvalue weighted by atomic mass is 32.1. The molecule has 0 saturated heterocycles. The quantitative estimate of drug-likeness (QED) is 0.264. The smallest absolute Gasteiger partial charge is 0.408 e. The van der Waals surface area contributed by atoms with Gasteiger partial charge in [-0.15, -0.1) is 0 Å². The van der Waals surface area contributed by atoms with Gasteiger partial charge in [-0.2, -0.15) is 12.6 Å². The minimum absolute atomic E-state index is 0.0382. The van der Waals surface area contributed by atoms with Gasteiger partial charge in [0.1, 0.15) is 23.4 Å². The van der Waals surface area contributed by atoms with Crippen molar-refractivity contribution in [3.8, 4) is 5.75 Å². The van der Waals surface area contributed by atoms with Crippen LogP contribution in [0.25, 0.3) is 10.8 Å². The number of para-hydroxylation sites is 1. The number of nitrogens with zero attached hydrogens (tertiary/aromatic N) is 1. The Labute approximate surface area is 241 Å². The van der Waals surface area contributed by atoms with E-state index in [4.69, 9.17) is 4.74 Å². The normalized spacial score (nSPS) is 13.3. The summed E-state index contributed by atoms with van der Waals surface area (Å²) in [4.78, 5) is 42.1. The molecule has 3 aromatic carbocycles. The van der Waals surface area contributed by atoms with Crippen molar-refractivity contribution in [3.63, 3.8) is 0 Å². The molecular weight excluding hydrogens is 526 g/mol. The van der Waals surface area contributed by atoms with Gasteiger partial charge in [-0.1, -0.05) is 48.5 Å². The highest BCUT2D eigenvalue weighted by Crippen LogP contribution is 2.37. The number of ether oxygens (including phenoxy) is 1. The molecule has 214 valence electrons. The fourth-order valence-corrected chi connectivity index (χ4v) is 4.67. The summed E-state index contributed by atoms with van der Waals surface area (Å²) in [5.74, 6) is -1.20. The number of anilines is 1. The first-order chi connectivity index (χ1) is 18.6. The summed E-state index contributed by atoms with van der Waals surface area (Å²) < 4.78 is 5.35. The van der Waals surface area contributed by atoms with Crippen molar-refractivity contribution in [2.24, 2.45) is 0 Å². The second-order valence-corrected chi connectivity index (χ2v) is 12.1. The fraction of sp³-hybridized carbons (Fsp3) is 0.387. The van der Waals surface area contributed by atoms with Crippen LogP contribution in [0, 0.1) is 6.92 Å². The summed E-state index contributed by atoms with van der Waals surface area (Å²) >= 11 is 4.32. The number of alkyl carbamates (subject to hydrolysis) is 1. The number of hydrogen-bond donors (Lipinski definition) is 4. The van der Waals surface area contributed by atoms with Gasteiger partial charge in [0, 0.05) is 22.5 Å². The van der Waals surface area contributed by atoms with E-state index in [9.17, 15) is 19.5 Å². The van der Waals surface area contributed by atoms with Gasteiger partial charge in [0.25, 0.3) is 5.91 Å². The molecule has 3 amide bonds. The maximum absolute atomic E-state index is 14.1. The van der Waals surface area contributed by atoms with Gasteiger partial charge >= 0.3 is 6.09 Å². The SMILES string of the molecule is Cc1cccc(C(C(=O)Nc2ccc3ccccc3c2)N(C(=O)C(CS)NC(=O)OC(C)(C)C)C(C)(C)C)c1O. The lowest BCUT2D eigenvalue weighted by molar-refractivity contribution is -0.146. The number of aryl methyl sites for hydroxylation is 1. The zero-order chi connectivity index (χ0) is 29.8. The fourth-order valence-electron chi connectivity index (χ4n) is 4.43. The molecule has 0 spiro atoms. The minimum Gasteiger partial charge on any atom is -0.507 e. The lowest BCUT2D eigenvalue weighted by atomic mass is 9.94. The lowest BCUT2D eigenvalue weighted by Crippen LogP contribution is -2.58. The molecule has 3 N–H and O–H groups in total. The minimum atomic E-state index is -1.23. The zero-order valence-electron chi connectivity index (χ0n) is 24.1. The number of aromatic hydroxyl groups is 1. The molecule has 0 radical (unpaired) electrons. The average molecular weight is 566 g/mol. The Morgan fingerprint density at radius 3 is 2.20 bits per heavy atom. The van der Waals surface area contributed by atoms with Crippen LogP contribution in [0.4, 0.5) is 10.5 Å². The van der Waals surface area contributed by atoms with Gasteiger partial charge in [0.2, 0.25) is 5.91 Å². The van der Waals surface area contributed by atoms with Crippen LogP contribution in [-0.4, -0.2) is 50.8 Å². The summed E-state index contributed by atoms with van der Waals surface area (Å²) in [6.07, 6.45) is -0.774. The number of rotatable bonds is 7. The summed E-state index contributed by atoms with van der Waals surface area (Å²) in [7, 11) is 0. The molecular formula is C31H39N3O5S. The number of benzene rings is 3. The van der Waals surface area contributed by atoms with Crippen molar-refractivity contribution in [3.05, 3.63) is 71.8 Å². The van der Waals surface area contributed by atoms with E-state index in [1.807, 2.05) is 36.4 Å². The van der Waals surface area contributed by atoms with Gasteiger partial charge in [-0.25, -0.2) is 4.79 Å². The molecule has 0 aliphatic carbocycles. The number of hydrogen-bond acceptors (Lipinski definition) is 6. The van der Waals surface area contributed by atoms with Crippen molar-refractivity contribution in [1.82, 2.24) is 10.2 Å². The van der Waals surface area contributed by atoms with Crippen LogP contribution in [-0.2, 0) is 14.3 Å². The monoisotopic (exact) mass is 565 g/mol. The second-order valence-electron chi connectivity index (χ2n) is 11.7. The molecule has 9 heteroatoms. The van der Waals surface area contributed by atoms with Crippen LogP contribution in [0.5, 0.6) is 5.75 Å². The van der Waals surface area contributed by atoms with Crippen LogP contribution in [0.15, 0.2) is 60.7 Å². The summed E-state index contributed by atoms with van der Waals surface area (Å²) in [5.41, 5.74) is -0.320. The Hall–Kier alpha value is -3.72. The summed E-state index contributed by atoms with van der Waals surface area (Å²) in [5, 5.41) is 18.6. The second kappa shape index (κ2) is 12.2. The van der Waals surface area contributed by atoms with E-state index in [0.29, 0.717) is 11.3 Å². The first kappa shape index (κ1) is 30.8. The third-order valence-corrected chi connectivity index (χ3v) is 6.58. The Morgan fingerprint density at radius 2 is 1.60 bits per heavy atom. The van der Waals surface area contributed by atoms with Crippen LogP contribution >= 0.6 is 12.6 Å². The van der Waals surface area contributed by atoms with Gasteiger partial charge in [0.15, 0.2) is 0 Å². The number of carbonyl (C=O) groups is 3. The highest BCUT2D eigenvalue weighted by molar-refractivity contribution is 7.80. The average Bonchev–Trinajstić information content (AvgIpc) is 2.85. The molecule has 3 aromatic rings. The predicted octanol–water partition coefficient (Wildman–Crippen LogP) is 5.98. The summed E-state index contributed by atoms with van der Waals surface area (Å²) in [6, 6.07) is 16.0. The van der Waals surface area contributed by atoms with Crippen molar-refractivity contribution < 1.29 is 24.2 Å². The van der Waals surface area contributed by atoms with E-state index in [-0.39, 0.29) is 17.1 Å². The van der Waals surface area contributed by atoms with E-state index >= 15 is 0 Å².